The standard InChI is InChI=1S/C25H26N2O7S/c1-15-23(17(3)28)16(2)26-24(15)21(29)14-34-25(30)18-10-12-19(13-11-18)35(31,32)27(4)20-8-6-7-9-22(20)33-5/h6-13,26H,14H2,1-5H3. The number of esters is 1. The highest BCUT2D eigenvalue weighted by atomic mass is 32.2. The lowest BCUT2D eigenvalue weighted by atomic mass is 10.1. The summed E-state index contributed by atoms with van der Waals surface area (Å²) in [5.74, 6) is -1.04. The molecule has 10 heteroatoms. The van der Waals surface area contributed by atoms with Crippen LogP contribution in [0.15, 0.2) is 53.4 Å². The number of carbonyl (C=O) groups is 3. The Balaban J connectivity index is 1.72. The lowest BCUT2D eigenvalue weighted by Crippen LogP contribution is -2.27. The maximum atomic E-state index is 13.0. The maximum Gasteiger partial charge on any atom is 0.338 e. The van der Waals surface area contributed by atoms with Crippen molar-refractivity contribution in [1.82, 2.24) is 4.98 Å². The molecule has 3 rings (SSSR count). The number of ketones is 2. The minimum atomic E-state index is -3.93. The van der Waals surface area contributed by atoms with Gasteiger partial charge in [0.25, 0.3) is 10.0 Å². The summed E-state index contributed by atoms with van der Waals surface area (Å²) in [6.45, 7) is 4.22. The number of Topliss-reactive ketones (excluding diaryl/α,β-unsaturated/α-hetero) is 2. The van der Waals surface area contributed by atoms with Crippen LogP contribution in [0.2, 0.25) is 0 Å². The first-order chi connectivity index (χ1) is 16.5. The molecule has 3 aromatic rings. The minimum absolute atomic E-state index is 0.0345. The van der Waals surface area contributed by atoms with E-state index in [-0.39, 0.29) is 21.9 Å². The molecule has 0 fully saturated rings. The number of hydrogen-bond donors (Lipinski definition) is 1. The van der Waals surface area contributed by atoms with E-state index < -0.39 is 28.4 Å². The summed E-state index contributed by atoms with van der Waals surface area (Å²) >= 11 is 0. The second-order valence-electron chi connectivity index (χ2n) is 7.85. The monoisotopic (exact) mass is 498 g/mol. The summed E-state index contributed by atoms with van der Waals surface area (Å²) in [7, 11) is -1.07. The number of nitrogens with zero attached hydrogens (tertiary/aromatic N) is 1. The van der Waals surface area contributed by atoms with E-state index in [1.807, 2.05) is 0 Å². The van der Waals surface area contributed by atoms with Gasteiger partial charge in [-0.3, -0.25) is 13.9 Å². The molecule has 9 nitrogen and oxygen atoms in total. The van der Waals surface area contributed by atoms with Crippen molar-refractivity contribution in [2.24, 2.45) is 0 Å². The molecule has 1 heterocycles. The predicted molar refractivity (Wildman–Crippen MR) is 130 cm³/mol. The fourth-order valence-corrected chi connectivity index (χ4v) is 4.99. The lowest BCUT2D eigenvalue weighted by Gasteiger charge is -2.21. The fraction of sp³-hybridized carbons (Fsp3) is 0.240. The van der Waals surface area contributed by atoms with Gasteiger partial charge in [-0.25, -0.2) is 13.2 Å². The SMILES string of the molecule is COc1ccccc1N(C)S(=O)(=O)c1ccc(C(=O)OCC(=O)c2[nH]c(C)c(C(C)=O)c2C)cc1. The average molecular weight is 499 g/mol. The van der Waals surface area contributed by atoms with Crippen LogP contribution in [0, 0.1) is 13.8 Å². The third-order valence-corrected chi connectivity index (χ3v) is 7.36. The Morgan fingerprint density at radius 1 is 1.00 bits per heavy atom. The third kappa shape index (κ3) is 5.12. The van der Waals surface area contributed by atoms with Crippen LogP contribution in [-0.4, -0.2) is 51.7 Å². The Hall–Kier alpha value is -3.92. The summed E-state index contributed by atoms with van der Waals surface area (Å²) in [6.07, 6.45) is 0. The van der Waals surface area contributed by atoms with Crippen LogP contribution < -0.4 is 9.04 Å². The van der Waals surface area contributed by atoms with Crippen LogP contribution >= 0.6 is 0 Å². The summed E-state index contributed by atoms with van der Waals surface area (Å²) in [5, 5.41) is 0. The molecule has 0 saturated carbocycles. The van der Waals surface area contributed by atoms with E-state index in [9.17, 15) is 22.8 Å². The van der Waals surface area contributed by atoms with Crippen molar-refractivity contribution in [3.8, 4) is 5.75 Å². The van der Waals surface area contributed by atoms with Crippen LogP contribution in [-0.2, 0) is 14.8 Å². The molecular weight excluding hydrogens is 472 g/mol. The molecule has 0 bridgehead atoms. The van der Waals surface area contributed by atoms with E-state index in [0.29, 0.717) is 28.3 Å². The molecule has 1 aromatic heterocycles. The first-order valence-electron chi connectivity index (χ1n) is 10.6. The van der Waals surface area contributed by atoms with Crippen LogP contribution in [0.4, 0.5) is 5.69 Å². The van der Waals surface area contributed by atoms with Crippen molar-refractivity contribution in [3.63, 3.8) is 0 Å². The number of sulfonamides is 1. The van der Waals surface area contributed by atoms with Gasteiger partial charge in [0.15, 0.2) is 12.4 Å². The quantitative estimate of drug-likeness (QED) is 0.352. The van der Waals surface area contributed by atoms with E-state index >= 15 is 0 Å². The number of carbonyl (C=O) groups excluding carboxylic acids is 3. The number of aromatic amines is 1. The molecule has 0 aliphatic rings. The number of methoxy groups -OCH3 is 1. The summed E-state index contributed by atoms with van der Waals surface area (Å²) < 4.78 is 37.5. The highest BCUT2D eigenvalue weighted by Gasteiger charge is 2.25. The first kappa shape index (κ1) is 25.7. The molecule has 0 aliphatic carbocycles. The number of H-pyrrole nitrogens is 1. The van der Waals surface area contributed by atoms with Crippen molar-refractivity contribution in [3.05, 3.63) is 76.6 Å². The highest BCUT2D eigenvalue weighted by molar-refractivity contribution is 7.92. The Labute approximate surface area is 203 Å². The second-order valence-corrected chi connectivity index (χ2v) is 9.82. The summed E-state index contributed by atoms with van der Waals surface area (Å²) in [6, 6.07) is 11.9. The van der Waals surface area contributed by atoms with Gasteiger partial charge in [0.05, 0.1) is 29.0 Å². The van der Waals surface area contributed by atoms with Gasteiger partial charge >= 0.3 is 5.97 Å². The smallest absolute Gasteiger partial charge is 0.338 e. The van der Waals surface area contributed by atoms with Crippen molar-refractivity contribution in [2.75, 3.05) is 25.1 Å². The molecule has 0 unspecified atom stereocenters. The fourth-order valence-electron chi connectivity index (χ4n) is 3.78. The van der Waals surface area contributed by atoms with Gasteiger partial charge in [0.1, 0.15) is 5.75 Å². The van der Waals surface area contributed by atoms with Gasteiger partial charge in [0.2, 0.25) is 5.78 Å². The summed E-state index contributed by atoms with van der Waals surface area (Å²) in [4.78, 5) is 39.5. The zero-order valence-corrected chi connectivity index (χ0v) is 20.9. The van der Waals surface area contributed by atoms with Gasteiger partial charge in [-0.15, -0.1) is 0 Å². The zero-order valence-electron chi connectivity index (χ0n) is 20.0. The number of aromatic nitrogens is 1. The van der Waals surface area contributed by atoms with E-state index in [1.165, 1.54) is 45.3 Å². The van der Waals surface area contributed by atoms with Gasteiger partial charge in [0, 0.05) is 18.3 Å². The van der Waals surface area contributed by atoms with Crippen LogP contribution in [0.3, 0.4) is 0 Å². The highest BCUT2D eigenvalue weighted by Crippen LogP contribution is 2.31. The van der Waals surface area contributed by atoms with E-state index in [0.717, 1.165) is 4.31 Å². The number of aryl methyl sites for hydroxylation is 1. The van der Waals surface area contributed by atoms with Crippen molar-refractivity contribution >= 4 is 33.2 Å². The molecule has 0 saturated heterocycles. The minimum Gasteiger partial charge on any atom is -0.495 e. The zero-order chi connectivity index (χ0) is 25.9. The largest absolute Gasteiger partial charge is 0.495 e. The van der Waals surface area contributed by atoms with Gasteiger partial charge in [-0.2, -0.15) is 0 Å². The molecule has 0 amide bonds. The van der Waals surface area contributed by atoms with Crippen LogP contribution in [0.1, 0.15) is 49.4 Å². The molecular formula is C25H26N2O7S. The van der Waals surface area contributed by atoms with Crippen molar-refractivity contribution < 1.29 is 32.3 Å². The number of ether oxygens (including phenoxy) is 2. The molecule has 0 spiro atoms. The van der Waals surface area contributed by atoms with E-state index in [1.54, 1.807) is 38.1 Å². The van der Waals surface area contributed by atoms with Gasteiger partial charge in [-0.05, 0) is 62.7 Å². The Morgan fingerprint density at radius 2 is 1.63 bits per heavy atom. The predicted octanol–water partition coefficient (Wildman–Crippen LogP) is 3.71. The normalized spacial score (nSPS) is 11.1. The topological polar surface area (TPSA) is 123 Å². The third-order valence-electron chi connectivity index (χ3n) is 5.58. The number of para-hydroxylation sites is 2. The first-order valence-corrected chi connectivity index (χ1v) is 12.1. The number of hydrogen-bond acceptors (Lipinski definition) is 7. The molecule has 2 aromatic carbocycles. The summed E-state index contributed by atoms with van der Waals surface area (Å²) in [5.41, 5.74) is 2.17. The Kier molecular flexibility index (Phi) is 7.45. The van der Waals surface area contributed by atoms with Gasteiger partial charge in [-0.1, -0.05) is 12.1 Å². The van der Waals surface area contributed by atoms with Crippen LogP contribution in [0.25, 0.3) is 0 Å². The molecule has 184 valence electrons. The van der Waals surface area contributed by atoms with Crippen LogP contribution in [0.5, 0.6) is 5.75 Å². The van der Waals surface area contributed by atoms with Gasteiger partial charge < -0.3 is 14.5 Å². The molecule has 1 N–H and O–H groups in total. The molecule has 0 radical (unpaired) electrons. The number of anilines is 1. The molecule has 35 heavy (non-hydrogen) atoms. The second kappa shape index (κ2) is 10.1. The molecule has 0 aliphatic heterocycles. The Morgan fingerprint density at radius 3 is 2.20 bits per heavy atom. The van der Waals surface area contributed by atoms with E-state index in [4.69, 9.17) is 9.47 Å². The molecule has 0 atom stereocenters. The average Bonchev–Trinajstić information content (AvgIpc) is 3.15. The number of benzene rings is 2. The lowest BCUT2D eigenvalue weighted by molar-refractivity contribution is 0.0473. The van der Waals surface area contributed by atoms with Crippen molar-refractivity contribution in [1.29, 1.82) is 0 Å². The number of rotatable bonds is 9. The Bertz CT molecular complexity index is 1390. The van der Waals surface area contributed by atoms with E-state index in [2.05, 4.69) is 4.98 Å². The number of nitrogens with one attached hydrogen (secondary N) is 1. The maximum absolute atomic E-state index is 13.0. The van der Waals surface area contributed by atoms with Crippen molar-refractivity contribution in [2.45, 2.75) is 25.7 Å².